The molecule has 0 spiro atoms. The van der Waals surface area contributed by atoms with Crippen LogP contribution in [0.1, 0.15) is 5.56 Å². The lowest BCUT2D eigenvalue weighted by Crippen LogP contribution is -1.95. The molecular weight excluding hydrogens is 332 g/mol. The molecule has 0 aliphatic carbocycles. The number of hydrazone groups is 1. The Kier molecular flexibility index (Phi) is 3.87. The predicted molar refractivity (Wildman–Crippen MR) is 88.0 cm³/mol. The lowest BCUT2D eigenvalue weighted by atomic mass is 10.2. The van der Waals surface area contributed by atoms with Crippen molar-refractivity contribution in [2.75, 3.05) is 12.5 Å². The van der Waals surface area contributed by atoms with E-state index in [1.54, 1.807) is 13.3 Å². The number of aromatic nitrogens is 2. The third kappa shape index (κ3) is 3.05. The number of methoxy groups -OCH3 is 1. The Morgan fingerprint density at radius 2 is 2.14 bits per heavy atom. The molecule has 0 amide bonds. The molecule has 0 saturated carbocycles. The van der Waals surface area contributed by atoms with Crippen LogP contribution < -0.4 is 10.2 Å². The Hall–Kier alpha value is -2.34. The van der Waals surface area contributed by atoms with Gasteiger partial charge in [0.1, 0.15) is 5.75 Å². The topological polar surface area (TPSA) is 62.3 Å². The van der Waals surface area contributed by atoms with E-state index in [1.165, 1.54) is 0 Å². The lowest BCUT2D eigenvalue weighted by molar-refractivity contribution is 0.414. The van der Waals surface area contributed by atoms with Crippen LogP contribution in [0.15, 0.2) is 52.0 Å². The summed E-state index contributed by atoms with van der Waals surface area (Å²) in [5, 5.41) is 4.19. The largest absolute Gasteiger partial charge is 0.496 e. The maximum atomic E-state index is 5.29. The second-order valence-corrected chi connectivity index (χ2v) is 5.27. The molecule has 2 N–H and O–H groups in total. The van der Waals surface area contributed by atoms with Crippen LogP contribution in [0.5, 0.6) is 5.75 Å². The average molecular weight is 345 g/mol. The van der Waals surface area contributed by atoms with Crippen LogP contribution in [-0.2, 0) is 0 Å². The lowest BCUT2D eigenvalue weighted by Gasteiger charge is -2.04. The van der Waals surface area contributed by atoms with Gasteiger partial charge in [-0.2, -0.15) is 5.10 Å². The number of hydrogen-bond donors (Lipinski definition) is 2. The highest BCUT2D eigenvalue weighted by atomic mass is 79.9. The first-order valence-electron chi connectivity index (χ1n) is 6.33. The van der Waals surface area contributed by atoms with Gasteiger partial charge in [-0.05, 0) is 30.3 Å². The molecule has 0 saturated heterocycles. The fourth-order valence-corrected chi connectivity index (χ4v) is 2.35. The number of hydrogen-bond acceptors (Lipinski definition) is 4. The van der Waals surface area contributed by atoms with Crippen molar-refractivity contribution in [3.63, 3.8) is 0 Å². The van der Waals surface area contributed by atoms with Gasteiger partial charge in [0.05, 0.1) is 24.4 Å². The molecule has 1 heterocycles. The van der Waals surface area contributed by atoms with Crippen molar-refractivity contribution in [1.29, 1.82) is 0 Å². The molecule has 21 heavy (non-hydrogen) atoms. The Labute approximate surface area is 130 Å². The van der Waals surface area contributed by atoms with E-state index in [9.17, 15) is 0 Å². The first-order chi connectivity index (χ1) is 10.3. The van der Waals surface area contributed by atoms with Crippen molar-refractivity contribution < 1.29 is 4.74 Å². The van der Waals surface area contributed by atoms with Crippen LogP contribution in [0.2, 0.25) is 0 Å². The van der Waals surface area contributed by atoms with E-state index in [1.807, 2.05) is 42.5 Å². The summed E-state index contributed by atoms with van der Waals surface area (Å²) in [5.74, 6) is 1.36. The van der Waals surface area contributed by atoms with Crippen LogP contribution in [0.4, 0.5) is 5.95 Å². The number of para-hydroxylation sites is 2. The second kappa shape index (κ2) is 5.97. The Morgan fingerprint density at radius 1 is 1.29 bits per heavy atom. The number of fused-ring (bicyclic) bond motifs is 1. The van der Waals surface area contributed by atoms with Gasteiger partial charge in [-0.25, -0.2) is 10.4 Å². The zero-order valence-electron chi connectivity index (χ0n) is 11.3. The summed E-state index contributed by atoms with van der Waals surface area (Å²) in [7, 11) is 1.63. The molecule has 0 atom stereocenters. The molecule has 0 radical (unpaired) electrons. The van der Waals surface area contributed by atoms with Crippen LogP contribution in [-0.4, -0.2) is 23.3 Å². The zero-order valence-corrected chi connectivity index (χ0v) is 12.9. The van der Waals surface area contributed by atoms with E-state index >= 15 is 0 Å². The predicted octanol–water partition coefficient (Wildman–Crippen LogP) is 3.78. The number of ether oxygens (including phenoxy) is 1. The Bertz CT molecular complexity index is 764. The maximum absolute atomic E-state index is 5.29. The minimum absolute atomic E-state index is 0.599. The summed E-state index contributed by atoms with van der Waals surface area (Å²) < 4.78 is 6.25. The van der Waals surface area contributed by atoms with Crippen LogP contribution >= 0.6 is 15.9 Å². The third-order valence-corrected chi connectivity index (χ3v) is 3.45. The zero-order chi connectivity index (χ0) is 14.7. The van der Waals surface area contributed by atoms with Crippen molar-refractivity contribution in [3.8, 4) is 5.75 Å². The molecule has 0 aliphatic heterocycles. The second-order valence-electron chi connectivity index (χ2n) is 4.36. The summed E-state index contributed by atoms with van der Waals surface area (Å²) in [6.07, 6.45) is 1.69. The highest BCUT2D eigenvalue weighted by Gasteiger charge is 2.02. The van der Waals surface area contributed by atoms with Gasteiger partial charge in [0.15, 0.2) is 0 Å². The van der Waals surface area contributed by atoms with Crippen LogP contribution in [0, 0.1) is 0 Å². The Morgan fingerprint density at radius 3 is 2.95 bits per heavy atom. The summed E-state index contributed by atoms with van der Waals surface area (Å²) in [6, 6.07) is 13.5. The molecule has 0 bridgehead atoms. The molecule has 3 aromatic rings. The minimum Gasteiger partial charge on any atom is -0.496 e. The summed E-state index contributed by atoms with van der Waals surface area (Å²) in [6.45, 7) is 0. The van der Waals surface area contributed by atoms with Gasteiger partial charge in [-0.3, -0.25) is 0 Å². The molecule has 0 aliphatic rings. The molecule has 1 aromatic heterocycles. The van der Waals surface area contributed by atoms with Gasteiger partial charge in [0, 0.05) is 10.0 Å². The summed E-state index contributed by atoms with van der Waals surface area (Å²) in [4.78, 5) is 7.53. The molecule has 0 unspecified atom stereocenters. The fourth-order valence-electron chi connectivity index (χ4n) is 1.97. The van der Waals surface area contributed by atoms with Crippen LogP contribution in [0.25, 0.3) is 11.0 Å². The standard InChI is InChI=1S/C15H13BrN4O/c1-21-14-7-6-11(16)8-10(14)9-17-20-15-18-12-4-2-3-5-13(12)19-15/h2-9H,1H3,(H2,18,19,20)/b17-9+. The van der Waals surface area contributed by atoms with E-state index in [-0.39, 0.29) is 0 Å². The van der Waals surface area contributed by atoms with Gasteiger partial charge in [-0.1, -0.05) is 28.1 Å². The molecule has 106 valence electrons. The summed E-state index contributed by atoms with van der Waals surface area (Å²) >= 11 is 3.43. The van der Waals surface area contributed by atoms with E-state index < -0.39 is 0 Å². The first-order valence-corrected chi connectivity index (χ1v) is 7.13. The number of benzene rings is 2. The van der Waals surface area contributed by atoms with Gasteiger partial charge in [0.25, 0.3) is 0 Å². The molecule has 3 rings (SSSR count). The van der Waals surface area contributed by atoms with Gasteiger partial charge in [-0.15, -0.1) is 0 Å². The fraction of sp³-hybridized carbons (Fsp3) is 0.0667. The Balaban J connectivity index is 1.79. The maximum Gasteiger partial charge on any atom is 0.222 e. The van der Waals surface area contributed by atoms with Gasteiger partial charge >= 0.3 is 0 Å². The molecule has 6 heteroatoms. The van der Waals surface area contributed by atoms with Gasteiger partial charge in [0.2, 0.25) is 5.95 Å². The monoisotopic (exact) mass is 344 g/mol. The van der Waals surface area contributed by atoms with Crippen molar-refractivity contribution in [2.24, 2.45) is 5.10 Å². The third-order valence-electron chi connectivity index (χ3n) is 2.96. The molecular formula is C15H13BrN4O. The molecule has 0 fully saturated rings. The SMILES string of the molecule is COc1ccc(Br)cc1/C=N/Nc1nc2ccccc2[nH]1. The highest BCUT2D eigenvalue weighted by Crippen LogP contribution is 2.21. The smallest absolute Gasteiger partial charge is 0.222 e. The first kappa shape index (κ1) is 13.6. The quantitative estimate of drug-likeness (QED) is 0.559. The normalized spacial score (nSPS) is 11.1. The van der Waals surface area contributed by atoms with Crippen LogP contribution in [0.3, 0.4) is 0 Å². The highest BCUT2D eigenvalue weighted by molar-refractivity contribution is 9.10. The van der Waals surface area contributed by atoms with Crippen molar-refractivity contribution in [2.45, 2.75) is 0 Å². The number of aromatic amines is 1. The summed E-state index contributed by atoms with van der Waals surface area (Å²) in [5.41, 5.74) is 5.62. The molecule has 2 aromatic carbocycles. The molecule has 5 nitrogen and oxygen atoms in total. The number of nitrogens with zero attached hydrogens (tertiary/aromatic N) is 2. The number of imidazole rings is 1. The number of H-pyrrole nitrogens is 1. The number of halogens is 1. The van der Waals surface area contributed by atoms with Gasteiger partial charge < -0.3 is 9.72 Å². The number of rotatable bonds is 4. The van der Waals surface area contributed by atoms with Crippen molar-refractivity contribution >= 4 is 39.1 Å². The van der Waals surface area contributed by atoms with E-state index in [2.05, 4.69) is 36.4 Å². The van der Waals surface area contributed by atoms with E-state index in [0.29, 0.717) is 5.95 Å². The van der Waals surface area contributed by atoms with E-state index in [4.69, 9.17) is 4.74 Å². The minimum atomic E-state index is 0.599. The van der Waals surface area contributed by atoms with Crippen molar-refractivity contribution in [3.05, 3.63) is 52.5 Å². The average Bonchev–Trinajstić information content (AvgIpc) is 2.90. The number of nitrogens with one attached hydrogen (secondary N) is 2. The van der Waals surface area contributed by atoms with E-state index in [0.717, 1.165) is 26.8 Å². The number of anilines is 1. The van der Waals surface area contributed by atoms with Crippen molar-refractivity contribution in [1.82, 2.24) is 9.97 Å².